The second-order valence-electron chi connectivity index (χ2n) is 7.50. The molecule has 3 atom stereocenters. The van der Waals surface area contributed by atoms with E-state index in [1.165, 1.54) is 11.0 Å². The predicted molar refractivity (Wildman–Crippen MR) is 106 cm³/mol. The average Bonchev–Trinajstić information content (AvgIpc) is 3.19. The molecular formula is C19H24Cl3NO4. The van der Waals surface area contributed by atoms with Gasteiger partial charge in [-0.2, -0.15) is 0 Å². The Morgan fingerprint density at radius 2 is 2.04 bits per heavy atom. The first kappa shape index (κ1) is 21.2. The Hall–Kier alpha value is -0.560. The summed E-state index contributed by atoms with van der Waals surface area (Å²) in [5, 5.41) is 11.2. The Bertz CT molecular complexity index is 713. The molecule has 150 valence electrons. The first-order valence-electron chi connectivity index (χ1n) is 9.14. The van der Waals surface area contributed by atoms with Crippen molar-refractivity contribution in [2.75, 3.05) is 19.8 Å². The lowest BCUT2D eigenvalue weighted by molar-refractivity contribution is -0.0491. The molecule has 1 aromatic rings. The van der Waals surface area contributed by atoms with Crippen LogP contribution in [-0.2, 0) is 16.0 Å². The monoisotopic (exact) mass is 435 g/mol. The number of carbonyl (C=O) groups excluding carboxylic acids is 1. The van der Waals surface area contributed by atoms with Gasteiger partial charge in [0.1, 0.15) is 0 Å². The number of hydrogen-bond acceptors (Lipinski definition) is 4. The number of benzene rings is 1. The van der Waals surface area contributed by atoms with Gasteiger partial charge in [0.2, 0.25) is 0 Å². The van der Waals surface area contributed by atoms with Crippen LogP contribution < -0.4 is 0 Å². The van der Waals surface area contributed by atoms with Crippen molar-refractivity contribution in [3.05, 3.63) is 32.3 Å². The van der Waals surface area contributed by atoms with Crippen LogP contribution in [0.3, 0.4) is 0 Å². The van der Waals surface area contributed by atoms with E-state index in [0.717, 1.165) is 12.8 Å². The van der Waals surface area contributed by atoms with E-state index in [-0.39, 0.29) is 42.8 Å². The van der Waals surface area contributed by atoms with Crippen molar-refractivity contribution in [2.45, 2.75) is 51.5 Å². The number of hydrogen-bond donors (Lipinski definition) is 1. The second kappa shape index (κ2) is 8.85. The van der Waals surface area contributed by atoms with Crippen molar-refractivity contribution < 1.29 is 19.4 Å². The number of fused-ring (bicyclic) bond motifs is 1. The minimum atomic E-state index is -0.807. The first-order chi connectivity index (χ1) is 12.8. The van der Waals surface area contributed by atoms with E-state index in [1.807, 2.05) is 0 Å². The lowest BCUT2D eigenvalue weighted by Gasteiger charge is -2.21. The predicted octanol–water partition coefficient (Wildman–Crippen LogP) is 4.18. The molecule has 2 aliphatic rings. The standard InChI is InChI=1S/C19H24Cl3NO4/c1-10(2)16-4-3-12(27-16)9-26-8-11(24)6-23-7-13-17(19(23)25)14(20)5-15(21)18(13)22/h5,10-12,16,24H,3-4,6-9H2,1-2H3. The van der Waals surface area contributed by atoms with Crippen molar-refractivity contribution in [1.29, 1.82) is 0 Å². The minimum absolute atomic E-state index is 0.0713. The highest BCUT2D eigenvalue weighted by Crippen LogP contribution is 2.39. The number of halogens is 3. The number of ether oxygens (including phenoxy) is 2. The summed E-state index contributed by atoms with van der Waals surface area (Å²) in [6, 6.07) is 1.47. The molecule has 2 heterocycles. The maximum Gasteiger partial charge on any atom is 0.256 e. The van der Waals surface area contributed by atoms with Crippen LogP contribution in [0.2, 0.25) is 15.1 Å². The molecule has 1 N–H and O–H groups in total. The molecule has 3 rings (SSSR count). The maximum absolute atomic E-state index is 12.6. The number of aliphatic hydroxyl groups excluding tert-OH is 1. The fourth-order valence-electron chi connectivity index (χ4n) is 3.58. The highest BCUT2D eigenvalue weighted by atomic mass is 35.5. The third-order valence-electron chi connectivity index (χ3n) is 5.05. The number of aliphatic hydroxyl groups is 1. The average molecular weight is 437 g/mol. The number of amides is 1. The van der Waals surface area contributed by atoms with Gasteiger partial charge in [0, 0.05) is 18.7 Å². The van der Waals surface area contributed by atoms with Crippen molar-refractivity contribution in [1.82, 2.24) is 4.90 Å². The van der Waals surface area contributed by atoms with Crippen LogP contribution in [0, 0.1) is 5.92 Å². The van der Waals surface area contributed by atoms with E-state index in [1.54, 1.807) is 0 Å². The van der Waals surface area contributed by atoms with Crippen LogP contribution in [0.25, 0.3) is 0 Å². The third-order valence-corrected chi connectivity index (χ3v) is 6.17. The van der Waals surface area contributed by atoms with E-state index in [2.05, 4.69) is 13.8 Å². The molecule has 3 unspecified atom stereocenters. The molecule has 0 spiro atoms. The van der Waals surface area contributed by atoms with Crippen LogP contribution in [0.1, 0.15) is 42.6 Å². The molecule has 0 saturated carbocycles. The fourth-order valence-corrected chi connectivity index (χ4v) is 4.37. The van der Waals surface area contributed by atoms with Gasteiger partial charge in [0.25, 0.3) is 5.91 Å². The van der Waals surface area contributed by atoms with Crippen LogP contribution in [0.4, 0.5) is 0 Å². The quantitative estimate of drug-likeness (QED) is 0.651. The first-order valence-corrected chi connectivity index (χ1v) is 10.3. The van der Waals surface area contributed by atoms with Crippen LogP contribution in [-0.4, -0.2) is 54.0 Å². The van der Waals surface area contributed by atoms with Crippen molar-refractivity contribution in [2.24, 2.45) is 5.92 Å². The van der Waals surface area contributed by atoms with Crippen LogP contribution in [0.15, 0.2) is 6.07 Å². The maximum atomic E-state index is 12.6. The topological polar surface area (TPSA) is 59.0 Å². The fraction of sp³-hybridized carbons (Fsp3) is 0.632. The molecule has 8 heteroatoms. The Kier molecular flexibility index (Phi) is 6.93. The highest BCUT2D eigenvalue weighted by Gasteiger charge is 2.34. The van der Waals surface area contributed by atoms with E-state index in [9.17, 15) is 9.90 Å². The molecule has 0 bridgehead atoms. The minimum Gasteiger partial charge on any atom is -0.389 e. The summed E-state index contributed by atoms with van der Waals surface area (Å²) in [6.07, 6.45) is 1.56. The Labute approximate surface area is 174 Å². The van der Waals surface area contributed by atoms with Crippen LogP contribution >= 0.6 is 34.8 Å². The Morgan fingerprint density at radius 1 is 1.30 bits per heavy atom. The third kappa shape index (κ3) is 4.72. The van der Waals surface area contributed by atoms with Gasteiger partial charge in [0.15, 0.2) is 0 Å². The zero-order valence-corrected chi connectivity index (χ0v) is 17.7. The van der Waals surface area contributed by atoms with Gasteiger partial charge in [-0.25, -0.2) is 0 Å². The van der Waals surface area contributed by atoms with E-state index in [0.29, 0.717) is 33.7 Å². The van der Waals surface area contributed by atoms with Gasteiger partial charge in [-0.3, -0.25) is 4.79 Å². The zero-order chi connectivity index (χ0) is 19.7. The normalized spacial score (nSPS) is 23.4. The van der Waals surface area contributed by atoms with E-state index in [4.69, 9.17) is 44.3 Å². The summed E-state index contributed by atoms with van der Waals surface area (Å²) in [7, 11) is 0. The molecule has 0 aliphatic carbocycles. The molecule has 0 radical (unpaired) electrons. The smallest absolute Gasteiger partial charge is 0.256 e. The van der Waals surface area contributed by atoms with Gasteiger partial charge in [-0.05, 0) is 24.8 Å². The molecule has 1 aromatic carbocycles. The number of rotatable bonds is 7. The zero-order valence-electron chi connectivity index (χ0n) is 15.4. The van der Waals surface area contributed by atoms with Gasteiger partial charge >= 0.3 is 0 Å². The Balaban J connectivity index is 1.48. The Morgan fingerprint density at radius 3 is 2.70 bits per heavy atom. The van der Waals surface area contributed by atoms with Crippen molar-refractivity contribution in [3.63, 3.8) is 0 Å². The molecule has 1 amide bonds. The number of β-amino-alcohol motifs (C(OH)–C–C–N with tert-alkyl or cyclic N) is 1. The molecule has 1 fully saturated rings. The number of nitrogens with zero attached hydrogens (tertiary/aromatic N) is 1. The van der Waals surface area contributed by atoms with Crippen molar-refractivity contribution >= 4 is 40.7 Å². The summed E-state index contributed by atoms with van der Waals surface area (Å²) in [5.41, 5.74) is 0.963. The van der Waals surface area contributed by atoms with Crippen molar-refractivity contribution in [3.8, 4) is 0 Å². The largest absolute Gasteiger partial charge is 0.389 e. The van der Waals surface area contributed by atoms with Gasteiger partial charge in [0.05, 0.1) is 52.2 Å². The lowest BCUT2D eigenvalue weighted by atomic mass is 10.0. The summed E-state index contributed by atoms with van der Waals surface area (Å²) in [4.78, 5) is 14.1. The summed E-state index contributed by atoms with van der Waals surface area (Å²) in [6.45, 7) is 5.28. The van der Waals surface area contributed by atoms with Gasteiger partial charge in [-0.15, -0.1) is 0 Å². The molecular weight excluding hydrogens is 413 g/mol. The molecule has 1 saturated heterocycles. The van der Waals surface area contributed by atoms with E-state index >= 15 is 0 Å². The second-order valence-corrected chi connectivity index (χ2v) is 8.69. The van der Waals surface area contributed by atoms with Crippen LogP contribution in [0.5, 0.6) is 0 Å². The molecule has 27 heavy (non-hydrogen) atoms. The summed E-state index contributed by atoms with van der Waals surface area (Å²) >= 11 is 18.4. The lowest BCUT2D eigenvalue weighted by Crippen LogP contribution is -2.35. The van der Waals surface area contributed by atoms with Gasteiger partial charge < -0.3 is 19.5 Å². The molecule has 2 aliphatic heterocycles. The molecule has 0 aromatic heterocycles. The summed E-state index contributed by atoms with van der Waals surface area (Å²) in [5.74, 6) is 0.238. The SMILES string of the molecule is CC(C)C1CCC(COCC(O)CN2Cc3c(Cl)c(Cl)cc(Cl)c3C2=O)O1. The highest BCUT2D eigenvalue weighted by molar-refractivity contribution is 6.45. The van der Waals surface area contributed by atoms with Gasteiger partial charge in [-0.1, -0.05) is 48.7 Å². The van der Waals surface area contributed by atoms with E-state index < -0.39 is 6.10 Å². The summed E-state index contributed by atoms with van der Waals surface area (Å²) < 4.78 is 11.5. The number of carbonyl (C=O) groups is 1. The molecule has 5 nitrogen and oxygen atoms in total.